The number of carbonyl (C=O) groups is 1. The molecule has 0 bridgehead atoms. The molecule has 0 fully saturated rings. The fourth-order valence-electron chi connectivity index (χ4n) is 1.10. The molecule has 17 heavy (non-hydrogen) atoms. The van der Waals surface area contributed by atoms with Crippen molar-refractivity contribution >= 4 is 27.4 Å². The van der Waals surface area contributed by atoms with Crippen LogP contribution < -0.4 is 0 Å². The summed E-state index contributed by atoms with van der Waals surface area (Å²) in [6, 6.07) is 0. The Bertz CT molecular complexity index is 509. The van der Waals surface area contributed by atoms with E-state index in [0.717, 1.165) is 4.68 Å². The summed E-state index contributed by atoms with van der Waals surface area (Å²) < 4.78 is 28.6. The highest BCUT2D eigenvalue weighted by Crippen LogP contribution is 2.15. The molecule has 1 aromatic rings. The van der Waals surface area contributed by atoms with E-state index in [1.807, 2.05) is 0 Å². The van der Waals surface area contributed by atoms with E-state index >= 15 is 0 Å². The van der Waals surface area contributed by atoms with Crippen molar-refractivity contribution in [2.24, 2.45) is 0 Å². The summed E-state index contributed by atoms with van der Waals surface area (Å²) in [7, 11) is -3.22. The van der Waals surface area contributed by atoms with Gasteiger partial charge in [-0.3, -0.25) is 4.68 Å². The summed E-state index contributed by atoms with van der Waals surface area (Å²) in [5.74, 6) is -0.917. The lowest BCUT2D eigenvalue weighted by molar-refractivity contribution is 0.0526. The van der Waals surface area contributed by atoms with Gasteiger partial charge >= 0.3 is 5.97 Å². The predicted octanol–water partition coefficient (Wildman–Crippen LogP) is 1.11. The first-order valence-corrected chi connectivity index (χ1v) is 7.20. The molecule has 0 saturated heterocycles. The van der Waals surface area contributed by atoms with E-state index in [0.29, 0.717) is 0 Å². The minimum absolute atomic E-state index is 0.000775. The number of ether oxygens (including phenoxy) is 1. The van der Waals surface area contributed by atoms with Gasteiger partial charge in [0.2, 0.25) is 0 Å². The fraction of sp³-hybridized carbons (Fsp3) is 0.556. The molecule has 8 heteroatoms. The molecular formula is C9H13ClN2O4S. The minimum Gasteiger partial charge on any atom is -0.462 e. The Hall–Kier alpha value is -1.08. The van der Waals surface area contributed by atoms with Gasteiger partial charge < -0.3 is 4.74 Å². The van der Waals surface area contributed by atoms with Crippen LogP contribution in [0.4, 0.5) is 0 Å². The van der Waals surface area contributed by atoms with Crippen LogP contribution in [0.1, 0.15) is 24.2 Å². The highest BCUT2D eigenvalue weighted by Gasteiger charge is 2.18. The van der Waals surface area contributed by atoms with E-state index in [1.54, 1.807) is 6.92 Å². The Kier molecular flexibility index (Phi) is 4.53. The van der Waals surface area contributed by atoms with Crippen molar-refractivity contribution in [2.75, 3.05) is 12.4 Å². The first-order valence-electron chi connectivity index (χ1n) is 5.00. The zero-order valence-electron chi connectivity index (χ0n) is 9.51. The molecule has 0 N–H and O–H groups in total. The number of nitrogens with zero attached hydrogens (tertiary/aromatic N) is 2. The minimum atomic E-state index is -3.22. The third kappa shape index (κ3) is 3.71. The summed E-state index contributed by atoms with van der Waals surface area (Å²) in [6.45, 7) is 3.41. The van der Waals surface area contributed by atoms with E-state index in [-0.39, 0.29) is 29.0 Å². The van der Waals surface area contributed by atoms with Crippen molar-refractivity contribution in [3.05, 3.63) is 16.9 Å². The van der Waals surface area contributed by atoms with Crippen LogP contribution in [0.15, 0.2) is 6.20 Å². The summed E-state index contributed by atoms with van der Waals surface area (Å²) in [6.07, 6.45) is 1.27. The molecule has 0 aliphatic heterocycles. The van der Waals surface area contributed by atoms with Gasteiger partial charge in [0.1, 0.15) is 11.4 Å². The number of halogens is 1. The molecule has 0 saturated carbocycles. The van der Waals surface area contributed by atoms with Crippen molar-refractivity contribution in [3.8, 4) is 0 Å². The van der Waals surface area contributed by atoms with Crippen LogP contribution in [0.3, 0.4) is 0 Å². The van der Waals surface area contributed by atoms with Crippen molar-refractivity contribution in [1.29, 1.82) is 0 Å². The van der Waals surface area contributed by atoms with Gasteiger partial charge in [0.25, 0.3) is 0 Å². The monoisotopic (exact) mass is 280 g/mol. The molecule has 0 aliphatic rings. The van der Waals surface area contributed by atoms with Gasteiger partial charge in [-0.25, -0.2) is 13.2 Å². The molecule has 0 aromatic carbocycles. The number of sulfone groups is 1. The average Bonchev–Trinajstić information content (AvgIpc) is 2.59. The first-order chi connectivity index (χ1) is 7.89. The standard InChI is InChI=1S/C9H13ClN2O4S/c1-3-16-9(13)7-5-12(11-8(7)10)6-17(14,15)4-2/h5H,3-4,6H2,1-2H3. The second-order valence-electron chi connectivity index (χ2n) is 3.25. The Morgan fingerprint density at radius 1 is 1.53 bits per heavy atom. The van der Waals surface area contributed by atoms with Gasteiger partial charge in [0.05, 0.1) is 6.61 Å². The van der Waals surface area contributed by atoms with E-state index in [2.05, 4.69) is 5.10 Å². The molecule has 0 unspecified atom stereocenters. The van der Waals surface area contributed by atoms with Crippen molar-refractivity contribution in [1.82, 2.24) is 9.78 Å². The zero-order chi connectivity index (χ0) is 13.1. The smallest absolute Gasteiger partial charge is 0.342 e. The number of carbonyl (C=O) groups excluding carboxylic acids is 1. The Balaban J connectivity index is 2.93. The molecule has 6 nitrogen and oxygen atoms in total. The van der Waals surface area contributed by atoms with Gasteiger partial charge in [-0.1, -0.05) is 18.5 Å². The Labute approximate surface area is 104 Å². The van der Waals surface area contributed by atoms with Crippen molar-refractivity contribution < 1.29 is 17.9 Å². The van der Waals surface area contributed by atoms with Crippen LogP contribution in [-0.2, 0) is 20.5 Å². The van der Waals surface area contributed by atoms with Gasteiger partial charge in [-0.05, 0) is 6.92 Å². The lowest BCUT2D eigenvalue weighted by Crippen LogP contribution is -2.13. The molecule has 0 radical (unpaired) electrons. The highest BCUT2D eigenvalue weighted by molar-refractivity contribution is 7.90. The quantitative estimate of drug-likeness (QED) is 0.755. The molecule has 0 aliphatic carbocycles. The maximum atomic E-state index is 11.4. The lowest BCUT2D eigenvalue weighted by Gasteiger charge is -2.00. The van der Waals surface area contributed by atoms with E-state index in [4.69, 9.17) is 16.3 Å². The lowest BCUT2D eigenvalue weighted by atomic mass is 10.4. The van der Waals surface area contributed by atoms with Crippen LogP contribution in [0.2, 0.25) is 5.15 Å². The molecule has 1 heterocycles. The number of rotatable bonds is 5. The molecule has 0 atom stereocenters. The van der Waals surface area contributed by atoms with Crippen LogP contribution in [0.25, 0.3) is 0 Å². The fourth-order valence-corrected chi connectivity index (χ4v) is 2.04. The Morgan fingerprint density at radius 3 is 2.71 bits per heavy atom. The second-order valence-corrected chi connectivity index (χ2v) is 5.94. The van der Waals surface area contributed by atoms with E-state index in [9.17, 15) is 13.2 Å². The zero-order valence-corrected chi connectivity index (χ0v) is 11.1. The first kappa shape index (κ1) is 14.0. The molecular weight excluding hydrogens is 268 g/mol. The number of aromatic nitrogens is 2. The van der Waals surface area contributed by atoms with E-state index < -0.39 is 15.8 Å². The molecule has 0 spiro atoms. The van der Waals surface area contributed by atoms with Gasteiger partial charge in [0, 0.05) is 11.9 Å². The number of hydrogen-bond donors (Lipinski definition) is 0. The van der Waals surface area contributed by atoms with Crippen molar-refractivity contribution in [2.45, 2.75) is 19.7 Å². The third-order valence-electron chi connectivity index (χ3n) is 1.98. The summed E-state index contributed by atoms with van der Waals surface area (Å²) >= 11 is 5.72. The number of esters is 1. The predicted molar refractivity (Wildman–Crippen MR) is 62.7 cm³/mol. The highest BCUT2D eigenvalue weighted by atomic mass is 35.5. The SMILES string of the molecule is CCOC(=O)c1cn(CS(=O)(=O)CC)nc1Cl. The van der Waals surface area contributed by atoms with Crippen molar-refractivity contribution in [3.63, 3.8) is 0 Å². The van der Waals surface area contributed by atoms with Gasteiger partial charge in [0.15, 0.2) is 15.0 Å². The van der Waals surface area contributed by atoms with E-state index in [1.165, 1.54) is 13.1 Å². The van der Waals surface area contributed by atoms with Gasteiger partial charge in [-0.15, -0.1) is 0 Å². The second kappa shape index (κ2) is 5.50. The summed E-state index contributed by atoms with van der Waals surface area (Å²) in [5, 5.41) is 3.69. The summed E-state index contributed by atoms with van der Waals surface area (Å²) in [5.41, 5.74) is 0.0693. The normalized spacial score (nSPS) is 11.5. The van der Waals surface area contributed by atoms with Crippen LogP contribution in [-0.4, -0.2) is 36.5 Å². The molecule has 1 rings (SSSR count). The van der Waals surface area contributed by atoms with Crippen LogP contribution in [0, 0.1) is 0 Å². The third-order valence-corrected chi connectivity index (χ3v) is 3.80. The summed E-state index contributed by atoms with van der Waals surface area (Å²) in [4.78, 5) is 11.4. The maximum Gasteiger partial charge on any atom is 0.342 e. The van der Waals surface area contributed by atoms with Gasteiger partial charge in [-0.2, -0.15) is 5.10 Å². The average molecular weight is 281 g/mol. The number of hydrogen-bond acceptors (Lipinski definition) is 5. The molecule has 1 aromatic heterocycles. The topological polar surface area (TPSA) is 78.3 Å². The van der Waals surface area contributed by atoms with Crippen LogP contribution in [0.5, 0.6) is 0 Å². The Morgan fingerprint density at radius 2 is 2.18 bits per heavy atom. The van der Waals surface area contributed by atoms with Crippen LogP contribution >= 0.6 is 11.6 Å². The molecule has 0 amide bonds. The largest absolute Gasteiger partial charge is 0.462 e. The molecule has 96 valence electrons. The maximum absolute atomic E-state index is 11.4.